The molecule has 0 radical (unpaired) electrons. The summed E-state index contributed by atoms with van der Waals surface area (Å²) in [6.07, 6.45) is -3.97. The molecule has 0 aliphatic heterocycles. The summed E-state index contributed by atoms with van der Waals surface area (Å²) in [7, 11) is 0. The zero-order chi connectivity index (χ0) is 18.1. The molecule has 1 aromatic heterocycles. The van der Waals surface area contributed by atoms with Crippen molar-refractivity contribution in [2.24, 2.45) is 0 Å². The van der Waals surface area contributed by atoms with E-state index in [1.807, 2.05) is 0 Å². The molecule has 0 bridgehead atoms. The first-order chi connectivity index (χ1) is 11.0. The lowest BCUT2D eigenvalue weighted by Crippen LogP contribution is -2.17. The summed E-state index contributed by atoms with van der Waals surface area (Å²) in [6, 6.07) is 4.17. The van der Waals surface area contributed by atoms with Crippen LogP contribution in [0.4, 0.5) is 22.0 Å². The van der Waals surface area contributed by atoms with Gasteiger partial charge >= 0.3 is 6.36 Å². The van der Waals surface area contributed by atoms with Crippen molar-refractivity contribution in [1.82, 2.24) is 4.98 Å². The molecular weight excluding hydrogens is 333 g/mol. The Bertz CT molecular complexity index is 715. The van der Waals surface area contributed by atoms with Gasteiger partial charge in [0.1, 0.15) is 5.75 Å². The number of rotatable bonds is 3. The molecule has 0 spiro atoms. The first-order valence-electron chi connectivity index (χ1n) is 6.85. The zero-order valence-corrected chi connectivity index (χ0v) is 13.0. The third-order valence-corrected chi connectivity index (χ3v) is 3.01. The molecular formula is C16H14F5NO2. The average molecular weight is 347 g/mol. The Hall–Kier alpha value is -2.38. The second-order valence-corrected chi connectivity index (χ2v) is 6.00. The van der Waals surface area contributed by atoms with Crippen molar-refractivity contribution in [3.63, 3.8) is 0 Å². The molecule has 0 saturated carbocycles. The van der Waals surface area contributed by atoms with Gasteiger partial charge in [0, 0.05) is 12.3 Å². The Morgan fingerprint density at radius 1 is 0.958 bits per heavy atom. The maximum Gasteiger partial charge on any atom is 0.574 e. The predicted molar refractivity (Wildman–Crippen MR) is 76.1 cm³/mol. The van der Waals surface area contributed by atoms with E-state index in [0.29, 0.717) is 5.56 Å². The van der Waals surface area contributed by atoms with E-state index in [1.54, 1.807) is 20.8 Å². The van der Waals surface area contributed by atoms with Crippen LogP contribution < -0.4 is 9.47 Å². The maximum absolute atomic E-state index is 14.1. The average Bonchev–Trinajstić information content (AvgIpc) is 2.40. The first-order valence-corrected chi connectivity index (χ1v) is 6.85. The summed E-state index contributed by atoms with van der Waals surface area (Å²) < 4.78 is 73.3. The van der Waals surface area contributed by atoms with Crippen molar-refractivity contribution in [2.45, 2.75) is 32.5 Å². The van der Waals surface area contributed by atoms with E-state index in [-0.39, 0.29) is 5.75 Å². The second-order valence-electron chi connectivity index (χ2n) is 6.00. The smallest absolute Gasteiger partial charge is 0.451 e. The molecule has 1 aromatic carbocycles. The Kier molecular flexibility index (Phi) is 4.68. The normalized spacial score (nSPS) is 12.2. The fourth-order valence-electron chi connectivity index (χ4n) is 1.84. The molecule has 0 unspecified atom stereocenters. The lowest BCUT2D eigenvalue weighted by Gasteiger charge is -2.20. The van der Waals surface area contributed by atoms with Crippen molar-refractivity contribution in [2.75, 3.05) is 0 Å². The van der Waals surface area contributed by atoms with Gasteiger partial charge in [-0.05, 0) is 29.2 Å². The molecule has 0 aliphatic carbocycles. The van der Waals surface area contributed by atoms with Gasteiger partial charge in [-0.15, -0.1) is 13.2 Å². The van der Waals surface area contributed by atoms with Crippen LogP contribution in [0.25, 0.3) is 0 Å². The number of ether oxygens (including phenoxy) is 2. The number of hydrogen-bond donors (Lipinski definition) is 0. The third-order valence-electron chi connectivity index (χ3n) is 3.01. The molecule has 0 amide bonds. The van der Waals surface area contributed by atoms with Crippen LogP contribution in [0.5, 0.6) is 17.4 Å². The molecule has 0 fully saturated rings. The van der Waals surface area contributed by atoms with Gasteiger partial charge in [0.25, 0.3) is 0 Å². The molecule has 0 saturated heterocycles. The number of hydrogen-bond acceptors (Lipinski definition) is 3. The maximum atomic E-state index is 14.1. The standard InChI is InChI=1S/C16H14F5NO2/c1-15(2,3)9-6-11(17)14(12(18)7-9)23-10-4-5-22-13(8-10)24-16(19,20)21/h4-8H,1-3H3. The molecule has 3 nitrogen and oxygen atoms in total. The lowest BCUT2D eigenvalue weighted by molar-refractivity contribution is -0.276. The number of aromatic nitrogens is 1. The molecule has 2 rings (SSSR count). The largest absolute Gasteiger partial charge is 0.574 e. The van der Waals surface area contributed by atoms with Crippen molar-refractivity contribution in [3.05, 3.63) is 47.7 Å². The topological polar surface area (TPSA) is 31.4 Å². The summed E-state index contributed by atoms with van der Waals surface area (Å²) >= 11 is 0. The van der Waals surface area contributed by atoms with Gasteiger partial charge in [-0.3, -0.25) is 0 Å². The first kappa shape index (κ1) is 18.0. The highest BCUT2D eigenvalue weighted by Gasteiger charge is 2.32. The Morgan fingerprint density at radius 2 is 1.54 bits per heavy atom. The van der Waals surface area contributed by atoms with E-state index in [9.17, 15) is 22.0 Å². The summed E-state index contributed by atoms with van der Waals surface area (Å²) in [6.45, 7) is 5.35. The number of benzene rings is 1. The van der Waals surface area contributed by atoms with Crippen LogP contribution in [-0.2, 0) is 5.41 Å². The highest BCUT2D eigenvalue weighted by atomic mass is 19.4. The highest BCUT2D eigenvalue weighted by molar-refractivity contribution is 5.38. The van der Waals surface area contributed by atoms with Gasteiger partial charge < -0.3 is 9.47 Å². The molecule has 0 N–H and O–H groups in total. The van der Waals surface area contributed by atoms with Crippen LogP contribution in [-0.4, -0.2) is 11.3 Å². The van der Waals surface area contributed by atoms with E-state index in [0.717, 1.165) is 30.5 Å². The fraction of sp³-hybridized carbons (Fsp3) is 0.312. The van der Waals surface area contributed by atoms with Crippen LogP contribution in [0.15, 0.2) is 30.5 Å². The van der Waals surface area contributed by atoms with Gasteiger partial charge in [0.05, 0.1) is 0 Å². The van der Waals surface area contributed by atoms with E-state index in [4.69, 9.17) is 4.74 Å². The Balaban J connectivity index is 2.30. The summed E-state index contributed by atoms with van der Waals surface area (Å²) in [5.41, 5.74) is -0.0643. The predicted octanol–water partition coefficient (Wildman–Crippen LogP) is 5.35. The van der Waals surface area contributed by atoms with E-state index in [1.165, 1.54) is 0 Å². The SMILES string of the molecule is CC(C)(C)c1cc(F)c(Oc2ccnc(OC(F)(F)F)c2)c(F)c1. The minimum absolute atomic E-state index is 0.245. The monoisotopic (exact) mass is 347 g/mol. The molecule has 1 heterocycles. The molecule has 8 heteroatoms. The van der Waals surface area contributed by atoms with Gasteiger partial charge in [-0.25, -0.2) is 13.8 Å². The zero-order valence-electron chi connectivity index (χ0n) is 13.0. The van der Waals surface area contributed by atoms with Crippen LogP contribution in [0.1, 0.15) is 26.3 Å². The van der Waals surface area contributed by atoms with E-state index >= 15 is 0 Å². The van der Waals surface area contributed by atoms with Crippen molar-refractivity contribution in [3.8, 4) is 17.4 Å². The second kappa shape index (κ2) is 6.26. The molecule has 0 atom stereocenters. The van der Waals surface area contributed by atoms with E-state index < -0.39 is 35.0 Å². The number of alkyl halides is 3. The Morgan fingerprint density at radius 3 is 2.04 bits per heavy atom. The van der Waals surface area contributed by atoms with Gasteiger partial charge in [-0.2, -0.15) is 0 Å². The quantitative estimate of drug-likeness (QED) is 0.702. The molecule has 0 aliphatic rings. The van der Waals surface area contributed by atoms with Crippen LogP contribution >= 0.6 is 0 Å². The number of pyridine rings is 1. The van der Waals surface area contributed by atoms with Crippen molar-refractivity contribution < 1.29 is 31.4 Å². The fourth-order valence-corrected chi connectivity index (χ4v) is 1.84. The van der Waals surface area contributed by atoms with Crippen molar-refractivity contribution >= 4 is 0 Å². The lowest BCUT2D eigenvalue weighted by atomic mass is 9.87. The van der Waals surface area contributed by atoms with Crippen LogP contribution in [0, 0.1) is 11.6 Å². The molecule has 130 valence electrons. The van der Waals surface area contributed by atoms with Crippen LogP contribution in [0.2, 0.25) is 0 Å². The molecule has 2 aromatic rings. The van der Waals surface area contributed by atoms with Crippen LogP contribution in [0.3, 0.4) is 0 Å². The Labute approximate surface area is 135 Å². The van der Waals surface area contributed by atoms with Gasteiger partial charge in [-0.1, -0.05) is 20.8 Å². The molecule has 24 heavy (non-hydrogen) atoms. The minimum Gasteiger partial charge on any atom is -0.451 e. The van der Waals surface area contributed by atoms with Crippen molar-refractivity contribution in [1.29, 1.82) is 0 Å². The highest BCUT2D eigenvalue weighted by Crippen LogP contribution is 2.33. The summed E-state index contributed by atoms with van der Waals surface area (Å²) in [5, 5.41) is 0. The number of nitrogens with zero attached hydrogens (tertiary/aromatic N) is 1. The van der Waals surface area contributed by atoms with Gasteiger partial charge in [0.15, 0.2) is 17.4 Å². The van der Waals surface area contributed by atoms with Gasteiger partial charge in [0.2, 0.25) is 5.88 Å². The summed E-state index contributed by atoms with van der Waals surface area (Å²) in [5.74, 6) is -3.69. The van der Waals surface area contributed by atoms with E-state index in [2.05, 4.69) is 9.72 Å². The number of halogens is 5. The third kappa shape index (κ3) is 4.56. The minimum atomic E-state index is -4.93. The summed E-state index contributed by atoms with van der Waals surface area (Å²) in [4.78, 5) is 3.35.